The second-order valence-electron chi connectivity index (χ2n) is 3.43. The highest BCUT2D eigenvalue weighted by Crippen LogP contribution is 2.37. The maximum atomic E-state index is 13.0. The third kappa shape index (κ3) is 2.08. The molecule has 0 fully saturated rings. The standard InChI is InChI=1S/C9H12F3NO/c10-5-9(11,12)7-4-2-1-3-6(7)8(13)14/h2,4,6-7H,1,3,5H2,(H2,13,14). The van der Waals surface area contributed by atoms with Crippen molar-refractivity contribution in [2.45, 2.75) is 18.8 Å². The molecule has 0 aromatic carbocycles. The van der Waals surface area contributed by atoms with Crippen LogP contribution in [0, 0.1) is 11.8 Å². The van der Waals surface area contributed by atoms with Gasteiger partial charge in [-0.3, -0.25) is 4.79 Å². The Kier molecular flexibility index (Phi) is 3.18. The van der Waals surface area contributed by atoms with Crippen molar-refractivity contribution in [1.29, 1.82) is 0 Å². The topological polar surface area (TPSA) is 43.1 Å². The largest absolute Gasteiger partial charge is 0.369 e. The Morgan fingerprint density at radius 2 is 2.21 bits per heavy atom. The van der Waals surface area contributed by atoms with E-state index in [1.165, 1.54) is 12.2 Å². The molecule has 80 valence electrons. The predicted octanol–water partition coefficient (Wildman–Crippen LogP) is 1.66. The van der Waals surface area contributed by atoms with Gasteiger partial charge in [-0.05, 0) is 12.8 Å². The number of alkyl halides is 3. The van der Waals surface area contributed by atoms with Crippen molar-refractivity contribution in [1.82, 2.24) is 0 Å². The Hall–Kier alpha value is -1.00. The van der Waals surface area contributed by atoms with Crippen LogP contribution in [0.2, 0.25) is 0 Å². The highest BCUT2D eigenvalue weighted by molar-refractivity contribution is 5.77. The molecule has 5 heteroatoms. The molecular formula is C9H12F3NO. The van der Waals surface area contributed by atoms with E-state index in [4.69, 9.17) is 5.73 Å². The molecule has 0 aromatic rings. The lowest BCUT2D eigenvalue weighted by atomic mass is 9.80. The van der Waals surface area contributed by atoms with Crippen LogP contribution in [0.15, 0.2) is 12.2 Å². The van der Waals surface area contributed by atoms with Crippen LogP contribution >= 0.6 is 0 Å². The summed E-state index contributed by atoms with van der Waals surface area (Å²) in [6, 6.07) is 0. The van der Waals surface area contributed by atoms with E-state index in [9.17, 15) is 18.0 Å². The molecule has 1 aliphatic carbocycles. The Labute approximate surface area is 80.0 Å². The summed E-state index contributed by atoms with van der Waals surface area (Å²) in [4.78, 5) is 10.9. The Balaban J connectivity index is 2.87. The van der Waals surface area contributed by atoms with Gasteiger partial charge in [0.1, 0.15) is 0 Å². The molecule has 0 bridgehead atoms. The first-order chi connectivity index (χ1) is 6.49. The van der Waals surface area contributed by atoms with E-state index in [0.717, 1.165) is 0 Å². The van der Waals surface area contributed by atoms with Crippen LogP contribution in [0.5, 0.6) is 0 Å². The summed E-state index contributed by atoms with van der Waals surface area (Å²) < 4.78 is 38.1. The fourth-order valence-corrected chi connectivity index (χ4v) is 1.68. The molecule has 0 radical (unpaired) electrons. The first-order valence-electron chi connectivity index (χ1n) is 4.39. The Morgan fingerprint density at radius 3 is 2.71 bits per heavy atom. The number of halogens is 3. The summed E-state index contributed by atoms with van der Waals surface area (Å²) in [7, 11) is 0. The van der Waals surface area contributed by atoms with Crippen LogP contribution in [0.25, 0.3) is 0 Å². The molecule has 0 saturated heterocycles. The van der Waals surface area contributed by atoms with Crippen molar-refractivity contribution in [3.8, 4) is 0 Å². The van der Waals surface area contributed by atoms with E-state index < -0.39 is 30.3 Å². The molecule has 2 atom stereocenters. The van der Waals surface area contributed by atoms with Gasteiger partial charge >= 0.3 is 0 Å². The van der Waals surface area contributed by atoms with Crippen molar-refractivity contribution < 1.29 is 18.0 Å². The number of allylic oxidation sites excluding steroid dienone is 2. The van der Waals surface area contributed by atoms with Gasteiger partial charge < -0.3 is 5.73 Å². The zero-order valence-electron chi connectivity index (χ0n) is 7.55. The average Bonchev–Trinajstić information content (AvgIpc) is 2.18. The van der Waals surface area contributed by atoms with E-state index in [2.05, 4.69) is 0 Å². The van der Waals surface area contributed by atoms with Crippen LogP contribution in [0.1, 0.15) is 12.8 Å². The van der Waals surface area contributed by atoms with E-state index >= 15 is 0 Å². The average molecular weight is 207 g/mol. The van der Waals surface area contributed by atoms with Gasteiger partial charge in [-0.15, -0.1) is 0 Å². The predicted molar refractivity (Wildman–Crippen MR) is 45.5 cm³/mol. The second-order valence-corrected chi connectivity index (χ2v) is 3.43. The van der Waals surface area contributed by atoms with Gasteiger partial charge in [-0.1, -0.05) is 12.2 Å². The molecule has 0 aliphatic heterocycles. The molecule has 1 amide bonds. The lowest BCUT2D eigenvalue weighted by Crippen LogP contribution is -2.41. The number of rotatable bonds is 3. The number of hydrogen-bond acceptors (Lipinski definition) is 1. The van der Waals surface area contributed by atoms with E-state index in [1.807, 2.05) is 0 Å². The lowest BCUT2D eigenvalue weighted by molar-refractivity contribution is -0.132. The van der Waals surface area contributed by atoms with Crippen LogP contribution in [0.3, 0.4) is 0 Å². The number of amides is 1. The Bertz CT molecular complexity index is 252. The molecule has 2 unspecified atom stereocenters. The van der Waals surface area contributed by atoms with Gasteiger partial charge in [0.05, 0.1) is 11.8 Å². The van der Waals surface area contributed by atoms with Crippen molar-refractivity contribution >= 4 is 5.91 Å². The second kappa shape index (κ2) is 4.02. The summed E-state index contributed by atoms with van der Waals surface area (Å²) >= 11 is 0. The normalized spacial score (nSPS) is 27.6. The smallest absolute Gasteiger partial charge is 0.282 e. The Morgan fingerprint density at radius 1 is 1.57 bits per heavy atom. The number of primary amides is 1. The summed E-state index contributed by atoms with van der Waals surface area (Å²) in [5.74, 6) is -6.62. The molecule has 0 saturated carbocycles. The number of nitrogens with two attached hydrogens (primary N) is 1. The quantitative estimate of drug-likeness (QED) is 0.702. The van der Waals surface area contributed by atoms with Crippen molar-refractivity contribution in [3.63, 3.8) is 0 Å². The number of hydrogen-bond donors (Lipinski definition) is 1. The van der Waals surface area contributed by atoms with E-state index in [-0.39, 0.29) is 6.42 Å². The van der Waals surface area contributed by atoms with Crippen LogP contribution in [-0.2, 0) is 4.79 Å². The lowest BCUT2D eigenvalue weighted by Gasteiger charge is -2.30. The maximum absolute atomic E-state index is 13.0. The van der Waals surface area contributed by atoms with Gasteiger partial charge in [0, 0.05) is 0 Å². The minimum absolute atomic E-state index is 0.270. The monoisotopic (exact) mass is 207 g/mol. The zero-order chi connectivity index (χ0) is 10.8. The summed E-state index contributed by atoms with van der Waals surface area (Å²) in [6.45, 7) is -1.76. The molecule has 0 heterocycles. The van der Waals surface area contributed by atoms with Crippen LogP contribution < -0.4 is 5.73 Å². The minimum atomic E-state index is -3.49. The van der Waals surface area contributed by atoms with Crippen LogP contribution in [0.4, 0.5) is 13.2 Å². The molecule has 1 aliphatic rings. The van der Waals surface area contributed by atoms with Crippen molar-refractivity contribution in [2.75, 3.05) is 6.67 Å². The first-order valence-corrected chi connectivity index (χ1v) is 4.39. The highest BCUT2D eigenvalue weighted by Gasteiger charge is 2.45. The molecule has 2 N–H and O–H groups in total. The third-order valence-electron chi connectivity index (χ3n) is 2.45. The fourth-order valence-electron chi connectivity index (χ4n) is 1.68. The van der Waals surface area contributed by atoms with Gasteiger partial charge in [0.2, 0.25) is 5.91 Å². The summed E-state index contributed by atoms with van der Waals surface area (Å²) in [5, 5.41) is 0. The molecule has 2 nitrogen and oxygen atoms in total. The van der Waals surface area contributed by atoms with Crippen molar-refractivity contribution in [2.24, 2.45) is 17.6 Å². The minimum Gasteiger partial charge on any atom is -0.369 e. The van der Waals surface area contributed by atoms with E-state index in [1.54, 1.807) is 0 Å². The van der Waals surface area contributed by atoms with Gasteiger partial charge in [-0.25, -0.2) is 13.2 Å². The molecule has 14 heavy (non-hydrogen) atoms. The first kappa shape index (κ1) is 11.1. The SMILES string of the molecule is NC(=O)C1CCC=CC1C(F)(F)CF. The molecule has 1 rings (SSSR count). The van der Waals surface area contributed by atoms with E-state index in [0.29, 0.717) is 6.42 Å². The molecule has 0 aromatic heterocycles. The maximum Gasteiger partial charge on any atom is 0.282 e. The van der Waals surface area contributed by atoms with Crippen molar-refractivity contribution in [3.05, 3.63) is 12.2 Å². The molecule has 0 spiro atoms. The van der Waals surface area contributed by atoms with Gasteiger partial charge in [0.15, 0.2) is 6.67 Å². The summed E-state index contributed by atoms with van der Waals surface area (Å²) in [5.41, 5.74) is 4.98. The zero-order valence-corrected chi connectivity index (χ0v) is 7.55. The molecular weight excluding hydrogens is 195 g/mol. The van der Waals surface area contributed by atoms with Gasteiger partial charge in [-0.2, -0.15) is 0 Å². The third-order valence-corrected chi connectivity index (χ3v) is 2.45. The summed E-state index contributed by atoms with van der Waals surface area (Å²) in [6.07, 6.45) is 3.53. The number of carbonyl (C=O) groups excluding carboxylic acids is 1. The van der Waals surface area contributed by atoms with Crippen LogP contribution in [-0.4, -0.2) is 18.5 Å². The fraction of sp³-hybridized carbons (Fsp3) is 0.667. The number of carbonyl (C=O) groups is 1. The van der Waals surface area contributed by atoms with Gasteiger partial charge in [0.25, 0.3) is 5.92 Å². The highest BCUT2D eigenvalue weighted by atomic mass is 19.3.